The standard InChI is InChI=1S/C18H21N5O2/c1-12-5-6-16-15(20-12)8-17(25-16)18(24)21-13-4-3-7-23(10-13)14-9-19-22(2)11-14/h5-6,8-9,11,13H,3-4,7,10H2,1-2H3,(H,21,24)/t13-/m0/s1. The number of carbonyl (C=O) groups excluding carboxylic acids is 1. The van der Waals surface area contributed by atoms with E-state index in [-0.39, 0.29) is 11.9 Å². The Morgan fingerprint density at radius 1 is 1.40 bits per heavy atom. The van der Waals surface area contributed by atoms with Crippen molar-refractivity contribution in [1.82, 2.24) is 20.1 Å². The molecule has 4 heterocycles. The molecule has 1 aliphatic heterocycles. The Kier molecular flexibility index (Phi) is 3.91. The number of rotatable bonds is 3. The molecule has 1 amide bonds. The van der Waals surface area contributed by atoms with Gasteiger partial charge < -0.3 is 14.6 Å². The molecule has 7 nitrogen and oxygen atoms in total. The van der Waals surface area contributed by atoms with Crippen molar-refractivity contribution >= 4 is 22.7 Å². The van der Waals surface area contributed by atoms with E-state index < -0.39 is 0 Å². The first kappa shape index (κ1) is 15.7. The van der Waals surface area contributed by atoms with E-state index in [9.17, 15) is 4.79 Å². The number of aryl methyl sites for hydroxylation is 2. The maximum absolute atomic E-state index is 12.5. The summed E-state index contributed by atoms with van der Waals surface area (Å²) in [5.41, 5.74) is 3.34. The molecule has 0 unspecified atom stereocenters. The highest BCUT2D eigenvalue weighted by Crippen LogP contribution is 2.21. The smallest absolute Gasteiger partial charge is 0.287 e. The topological polar surface area (TPSA) is 76.2 Å². The van der Waals surface area contributed by atoms with Crippen LogP contribution in [0.25, 0.3) is 11.1 Å². The lowest BCUT2D eigenvalue weighted by Gasteiger charge is -2.33. The van der Waals surface area contributed by atoms with E-state index in [0.29, 0.717) is 16.9 Å². The van der Waals surface area contributed by atoms with Crippen LogP contribution in [0.3, 0.4) is 0 Å². The number of piperidine rings is 1. The number of nitrogens with zero attached hydrogens (tertiary/aromatic N) is 4. The normalized spacial score (nSPS) is 17.8. The van der Waals surface area contributed by atoms with Gasteiger partial charge in [-0.05, 0) is 31.9 Å². The van der Waals surface area contributed by atoms with Crippen molar-refractivity contribution in [3.63, 3.8) is 0 Å². The molecule has 1 aliphatic rings. The molecule has 0 radical (unpaired) electrons. The first-order valence-corrected chi connectivity index (χ1v) is 8.50. The number of hydrogen-bond acceptors (Lipinski definition) is 5. The average Bonchev–Trinajstić information content (AvgIpc) is 3.21. The zero-order chi connectivity index (χ0) is 17.4. The summed E-state index contributed by atoms with van der Waals surface area (Å²) in [7, 11) is 1.91. The van der Waals surface area contributed by atoms with Gasteiger partial charge in [-0.1, -0.05) is 0 Å². The van der Waals surface area contributed by atoms with E-state index in [2.05, 4.69) is 20.3 Å². The zero-order valence-electron chi connectivity index (χ0n) is 14.4. The number of carbonyl (C=O) groups is 1. The Morgan fingerprint density at radius 2 is 2.28 bits per heavy atom. The molecule has 3 aromatic rings. The monoisotopic (exact) mass is 339 g/mol. The van der Waals surface area contributed by atoms with Crippen LogP contribution in [-0.2, 0) is 7.05 Å². The highest BCUT2D eigenvalue weighted by molar-refractivity contribution is 5.95. The number of hydrogen-bond donors (Lipinski definition) is 1. The van der Waals surface area contributed by atoms with Gasteiger partial charge in [0.05, 0.1) is 11.9 Å². The predicted molar refractivity (Wildman–Crippen MR) is 94.7 cm³/mol. The van der Waals surface area contributed by atoms with Gasteiger partial charge in [-0.25, -0.2) is 4.98 Å². The largest absolute Gasteiger partial charge is 0.449 e. The molecule has 130 valence electrons. The molecule has 0 spiro atoms. The van der Waals surface area contributed by atoms with Crippen molar-refractivity contribution < 1.29 is 9.21 Å². The Balaban J connectivity index is 1.45. The summed E-state index contributed by atoms with van der Waals surface area (Å²) >= 11 is 0. The number of anilines is 1. The fourth-order valence-electron chi connectivity index (χ4n) is 3.30. The summed E-state index contributed by atoms with van der Waals surface area (Å²) in [6.07, 6.45) is 5.84. The van der Waals surface area contributed by atoms with Gasteiger partial charge in [0, 0.05) is 44.1 Å². The van der Waals surface area contributed by atoms with Gasteiger partial charge in [-0.3, -0.25) is 9.48 Å². The van der Waals surface area contributed by atoms with Crippen LogP contribution < -0.4 is 10.2 Å². The molecule has 3 aromatic heterocycles. The minimum absolute atomic E-state index is 0.0874. The van der Waals surface area contributed by atoms with Crippen LogP contribution in [0.2, 0.25) is 0 Å². The summed E-state index contributed by atoms with van der Waals surface area (Å²) in [6.45, 7) is 3.67. The average molecular weight is 339 g/mol. The molecule has 25 heavy (non-hydrogen) atoms. The van der Waals surface area contributed by atoms with Gasteiger partial charge >= 0.3 is 0 Å². The maximum Gasteiger partial charge on any atom is 0.287 e. The Morgan fingerprint density at radius 3 is 3.08 bits per heavy atom. The first-order chi connectivity index (χ1) is 12.1. The van der Waals surface area contributed by atoms with Crippen molar-refractivity contribution in [2.24, 2.45) is 7.05 Å². The second-order valence-corrected chi connectivity index (χ2v) is 6.58. The van der Waals surface area contributed by atoms with E-state index in [1.807, 2.05) is 38.5 Å². The van der Waals surface area contributed by atoms with Gasteiger partial charge in [0.2, 0.25) is 0 Å². The van der Waals surface area contributed by atoms with Gasteiger partial charge in [0.15, 0.2) is 11.3 Å². The number of amides is 1. The van der Waals surface area contributed by atoms with Crippen molar-refractivity contribution in [2.75, 3.05) is 18.0 Å². The van der Waals surface area contributed by atoms with Crippen molar-refractivity contribution in [3.05, 3.63) is 42.0 Å². The first-order valence-electron chi connectivity index (χ1n) is 8.50. The Bertz CT molecular complexity index is 913. The SMILES string of the molecule is Cc1ccc2oc(C(=O)N[C@H]3CCCN(c4cnn(C)c4)C3)cc2n1. The van der Waals surface area contributed by atoms with Crippen molar-refractivity contribution in [3.8, 4) is 0 Å². The molecule has 1 atom stereocenters. The third-order valence-corrected chi connectivity index (χ3v) is 4.55. The number of nitrogens with one attached hydrogen (secondary N) is 1. The van der Waals surface area contributed by atoms with E-state index in [4.69, 9.17) is 4.42 Å². The second-order valence-electron chi connectivity index (χ2n) is 6.58. The summed E-state index contributed by atoms with van der Waals surface area (Å²) in [5, 5.41) is 7.31. The maximum atomic E-state index is 12.5. The number of furan rings is 1. The van der Waals surface area contributed by atoms with Crippen LogP contribution in [0.1, 0.15) is 29.1 Å². The van der Waals surface area contributed by atoms with Crippen LogP contribution in [0.15, 0.2) is 35.0 Å². The molecular weight excluding hydrogens is 318 g/mol. The van der Waals surface area contributed by atoms with Gasteiger partial charge in [0.25, 0.3) is 5.91 Å². The number of aromatic nitrogens is 3. The minimum Gasteiger partial charge on any atom is -0.449 e. The molecule has 0 aliphatic carbocycles. The fraction of sp³-hybridized carbons (Fsp3) is 0.389. The lowest BCUT2D eigenvalue weighted by Crippen LogP contribution is -2.47. The minimum atomic E-state index is -0.186. The molecule has 7 heteroatoms. The number of fused-ring (bicyclic) bond motifs is 1. The van der Waals surface area contributed by atoms with E-state index >= 15 is 0 Å². The van der Waals surface area contributed by atoms with Crippen LogP contribution in [0.4, 0.5) is 5.69 Å². The van der Waals surface area contributed by atoms with Gasteiger partial charge in [-0.2, -0.15) is 5.10 Å². The van der Waals surface area contributed by atoms with Gasteiger partial charge in [-0.15, -0.1) is 0 Å². The Labute approximate surface area is 145 Å². The summed E-state index contributed by atoms with van der Waals surface area (Å²) in [6, 6.07) is 5.52. The highest BCUT2D eigenvalue weighted by atomic mass is 16.3. The van der Waals surface area contributed by atoms with Crippen LogP contribution in [-0.4, -0.2) is 39.8 Å². The predicted octanol–water partition coefficient (Wildman–Crippen LogP) is 2.27. The molecular formula is C18H21N5O2. The summed E-state index contributed by atoms with van der Waals surface area (Å²) < 4.78 is 7.43. The highest BCUT2D eigenvalue weighted by Gasteiger charge is 2.24. The van der Waals surface area contributed by atoms with E-state index in [1.165, 1.54) is 0 Å². The molecule has 0 aromatic carbocycles. The molecule has 4 rings (SSSR count). The molecule has 0 bridgehead atoms. The quantitative estimate of drug-likeness (QED) is 0.792. The van der Waals surface area contributed by atoms with Crippen LogP contribution in [0, 0.1) is 6.92 Å². The number of pyridine rings is 1. The summed E-state index contributed by atoms with van der Waals surface area (Å²) in [4.78, 5) is 19.2. The third-order valence-electron chi connectivity index (χ3n) is 4.55. The van der Waals surface area contributed by atoms with E-state index in [0.717, 1.165) is 37.3 Å². The second kappa shape index (κ2) is 6.23. The third kappa shape index (κ3) is 3.22. The van der Waals surface area contributed by atoms with Crippen LogP contribution in [0.5, 0.6) is 0 Å². The molecule has 1 N–H and O–H groups in total. The lowest BCUT2D eigenvalue weighted by molar-refractivity contribution is 0.0907. The van der Waals surface area contributed by atoms with E-state index in [1.54, 1.807) is 10.7 Å². The van der Waals surface area contributed by atoms with Crippen LogP contribution >= 0.6 is 0 Å². The van der Waals surface area contributed by atoms with Crippen molar-refractivity contribution in [1.29, 1.82) is 0 Å². The fourth-order valence-corrected chi connectivity index (χ4v) is 3.30. The molecule has 1 saturated heterocycles. The van der Waals surface area contributed by atoms with Crippen molar-refractivity contribution in [2.45, 2.75) is 25.8 Å². The summed E-state index contributed by atoms with van der Waals surface area (Å²) in [5.74, 6) is 0.125. The lowest BCUT2D eigenvalue weighted by atomic mass is 10.1. The van der Waals surface area contributed by atoms with Gasteiger partial charge in [0.1, 0.15) is 5.52 Å². The molecule has 0 saturated carbocycles. The Hall–Kier alpha value is -2.83. The zero-order valence-corrected chi connectivity index (χ0v) is 14.4. The molecule has 1 fully saturated rings.